The van der Waals surface area contributed by atoms with Crippen molar-refractivity contribution in [1.29, 1.82) is 0 Å². The molecule has 0 spiro atoms. The average molecular weight is 377 g/mol. The number of hydrogen-bond donors (Lipinski definition) is 1. The zero-order valence-corrected chi connectivity index (χ0v) is 16.1. The number of hydrogen-bond acceptors (Lipinski definition) is 5. The van der Waals surface area contributed by atoms with Crippen LogP contribution in [0, 0.1) is 11.8 Å². The molecule has 1 amide bonds. The largest absolute Gasteiger partial charge is 0.368 e. The number of piperidine rings is 1. The molecular formula is C22H27N5O. The van der Waals surface area contributed by atoms with Crippen LogP contribution in [0.15, 0.2) is 36.5 Å². The quantitative estimate of drug-likeness (QED) is 0.887. The second kappa shape index (κ2) is 7.17. The van der Waals surface area contributed by atoms with Gasteiger partial charge in [-0.1, -0.05) is 30.3 Å². The zero-order chi connectivity index (χ0) is 19.1. The second-order valence-corrected chi connectivity index (χ2v) is 8.56. The third kappa shape index (κ3) is 3.49. The van der Waals surface area contributed by atoms with Crippen molar-refractivity contribution in [2.75, 3.05) is 31.9 Å². The minimum atomic E-state index is 0.0315. The van der Waals surface area contributed by atoms with Crippen molar-refractivity contribution in [1.82, 2.24) is 19.8 Å². The van der Waals surface area contributed by atoms with E-state index in [1.54, 1.807) is 6.20 Å². The van der Waals surface area contributed by atoms with Crippen LogP contribution in [0.3, 0.4) is 0 Å². The molecule has 3 aliphatic heterocycles. The van der Waals surface area contributed by atoms with Crippen molar-refractivity contribution in [3.8, 4) is 11.3 Å². The lowest BCUT2D eigenvalue weighted by Gasteiger charge is -2.36. The number of benzene rings is 1. The minimum absolute atomic E-state index is 0.0315. The summed E-state index contributed by atoms with van der Waals surface area (Å²) in [5.41, 5.74) is 7.92. The van der Waals surface area contributed by atoms with Crippen LogP contribution in [0.5, 0.6) is 0 Å². The number of anilines is 1. The fourth-order valence-electron chi connectivity index (χ4n) is 4.74. The van der Waals surface area contributed by atoms with Gasteiger partial charge in [0, 0.05) is 44.0 Å². The van der Waals surface area contributed by atoms with Crippen molar-refractivity contribution < 1.29 is 4.79 Å². The van der Waals surface area contributed by atoms with E-state index in [1.807, 2.05) is 35.2 Å². The van der Waals surface area contributed by atoms with Crippen molar-refractivity contribution >= 4 is 11.9 Å². The standard InChI is InChI=1S/C22H27N5O/c23-22-24-10-19(20(25-22)17-4-2-1-3-5-17)21(28)27-13-16-8-9-18(14-27)26(12-16)11-15-6-7-15/h1-5,10,15-16,18H,6-9,11-14H2,(H2,23,24,25). The number of nitrogens with two attached hydrogens (primary N) is 1. The molecule has 1 aromatic heterocycles. The van der Waals surface area contributed by atoms with Gasteiger partial charge < -0.3 is 10.6 Å². The molecule has 2 aromatic rings. The predicted octanol–water partition coefficient (Wildman–Crippen LogP) is 2.67. The predicted molar refractivity (Wildman–Crippen MR) is 109 cm³/mol. The maximum absolute atomic E-state index is 13.5. The molecule has 4 heterocycles. The van der Waals surface area contributed by atoms with Crippen LogP contribution in [0.1, 0.15) is 36.0 Å². The van der Waals surface area contributed by atoms with Gasteiger partial charge in [-0.2, -0.15) is 0 Å². The van der Waals surface area contributed by atoms with Crippen molar-refractivity contribution in [2.24, 2.45) is 11.8 Å². The highest BCUT2D eigenvalue weighted by Gasteiger charge is 2.39. The molecule has 2 N–H and O–H groups in total. The Morgan fingerprint density at radius 3 is 2.68 bits per heavy atom. The summed E-state index contributed by atoms with van der Waals surface area (Å²) in [6.45, 7) is 3.98. The van der Waals surface area contributed by atoms with E-state index in [0.29, 0.717) is 23.2 Å². The molecule has 6 nitrogen and oxygen atoms in total. The van der Waals surface area contributed by atoms with Gasteiger partial charge in [0.1, 0.15) is 0 Å². The molecule has 146 valence electrons. The lowest BCUT2D eigenvalue weighted by atomic mass is 9.95. The van der Waals surface area contributed by atoms with Gasteiger partial charge in [-0.15, -0.1) is 0 Å². The Labute approximate surface area is 165 Å². The SMILES string of the molecule is Nc1ncc(C(=O)N2CC3CCC(C2)N(CC2CC2)C3)c(-c2ccccc2)n1. The van der Waals surface area contributed by atoms with Crippen LogP contribution in [0.25, 0.3) is 11.3 Å². The topological polar surface area (TPSA) is 75.3 Å². The van der Waals surface area contributed by atoms with Gasteiger partial charge in [-0.3, -0.25) is 9.69 Å². The molecule has 2 atom stereocenters. The first-order valence-electron chi connectivity index (χ1n) is 10.4. The first-order chi connectivity index (χ1) is 13.7. The van der Waals surface area contributed by atoms with E-state index in [1.165, 1.54) is 32.2 Å². The highest BCUT2D eigenvalue weighted by atomic mass is 16.2. The first kappa shape index (κ1) is 17.6. The summed E-state index contributed by atoms with van der Waals surface area (Å²) in [4.78, 5) is 26.7. The molecule has 1 saturated carbocycles. The van der Waals surface area contributed by atoms with Gasteiger partial charge in [0.15, 0.2) is 0 Å². The smallest absolute Gasteiger partial charge is 0.257 e. The average Bonchev–Trinajstić information content (AvgIpc) is 3.56. The van der Waals surface area contributed by atoms with E-state index in [0.717, 1.165) is 31.1 Å². The number of fused-ring (bicyclic) bond motifs is 4. The number of rotatable bonds is 4. The van der Waals surface area contributed by atoms with Gasteiger partial charge in [-0.05, 0) is 37.5 Å². The molecule has 4 fully saturated rings. The Morgan fingerprint density at radius 2 is 1.89 bits per heavy atom. The molecule has 6 rings (SSSR count). The summed E-state index contributed by atoms with van der Waals surface area (Å²) < 4.78 is 0. The van der Waals surface area contributed by atoms with Crippen LogP contribution < -0.4 is 5.73 Å². The number of nitrogen functional groups attached to an aromatic ring is 1. The molecule has 3 saturated heterocycles. The van der Waals surface area contributed by atoms with Crippen LogP contribution in [0.4, 0.5) is 5.95 Å². The molecule has 2 unspecified atom stereocenters. The summed E-state index contributed by atoms with van der Waals surface area (Å²) in [5, 5.41) is 0. The van der Waals surface area contributed by atoms with E-state index < -0.39 is 0 Å². The summed E-state index contributed by atoms with van der Waals surface area (Å²) >= 11 is 0. The fourth-order valence-corrected chi connectivity index (χ4v) is 4.74. The van der Waals surface area contributed by atoms with Crippen LogP contribution >= 0.6 is 0 Å². The minimum Gasteiger partial charge on any atom is -0.368 e. The van der Waals surface area contributed by atoms with E-state index in [-0.39, 0.29) is 11.9 Å². The first-order valence-corrected chi connectivity index (χ1v) is 10.4. The Bertz CT molecular complexity index is 866. The Balaban J connectivity index is 1.42. The van der Waals surface area contributed by atoms with E-state index in [9.17, 15) is 4.79 Å². The Kier molecular flexibility index (Phi) is 4.51. The molecule has 0 radical (unpaired) electrons. The van der Waals surface area contributed by atoms with Crippen LogP contribution in [0.2, 0.25) is 0 Å². The third-order valence-electron chi connectivity index (χ3n) is 6.39. The summed E-state index contributed by atoms with van der Waals surface area (Å²) in [6.07, 6.45) is 6.77. The lowest BCUT2D eigenvalue weighted by molar-refractivity contribution is 0.0737. The second-order valence-electron chi connectivity index (χ2n) is 8.56. The van der Waals surface area contributed by atoms with E-state index >= 15 is 0 Å². The van der Waals surface area contributed by atoms with Crippen LogP contribution in [-0.4, -0.2) is 57.9 Å². The number of amides is 1. The maximum Gasteiger partial charge on any atom is 0.257 e. The van der Waals surface area contributed by atoms with Gasteiger partial charge in [0.05, 0.1) is 11.3 Å². The maximum atomic E-state index is 13.5. The molecule has 1 aromatic carbocycles. The number of aromatic nitrogens is 2. The summed E-state index contributed by atoms with van der Waals surface area (Å²) in [6, 6.07) is 10.3. The van der Waals surface area contributed by atoms with Gasteiger partial charge in [0.25, 0.3) is 5.91 Å². The molecule has 2 bridgehead atoms. The molecule has 6 heteroatoms. The van der Waals surface area contributed by atoms with Gasteiger partial charge in [-0.25, -0.2) is 9.97 Å². The van der Waals surface area contributed by atoms with Crippen molar-refractivity contribution in [3.05, 3.63) is 42.1 Å². The fraction of sp³-hybridized carbons (Fsp3) is 0.500. The normalized spacial score (nSPS) is 24.9. The molecule has 28 heavy (non-hydrogen) atoms. The Morgan fingerprint density at radius 1 is 1.07 bits per heavy atom. The monoisotopic (exact) mass is 377 g/mol. The Hall–Kier alpha value is -2.47. The third-order valence-corrected chi connectivity index (χ3v) is 6.39. The van der Waals surface area contributed by atoms with E-state index in [2.05, 4.69) is 14.9 Å². The molecule has 1 aliphatic carbocycles. The summed E-state index contributed by atoms with van der Waals surface area (Å²) in [5.74, 6) is 1.68. The lowest BCUT2D eigenvalue weighted by Crippen LogP contribution is -2.45. The van der Waals surface area contributed by atoms with Gasteiger partial charge in [0.2, 0.25) is 5.95 Å². The highest BCUT2D eigenvalue weighted by Crippen LogP contribution is 2.35. The van der Waals surface area contributed by atoms with Crippen molar-refractivity contribution in [2.45, 2.75) is 31.7 Å². The number of carbonyl (C=O) groups excluding carboxylic acids is 1. The van der Waals surface area contributed by atoms with Crippen molar-refractivity contribution in [3.63, 3.8) is 0 Å². The molecule has 4 aliphatic rings. The van der Waals surface area contributed by atoms with E-state index in [4.69, 9.17) is 5.73 Å². The number of carbonyl (C=O) groups is 1. The molecular weight excluding hydrogens is 350 g/mol. The number of nitrogens with zero attached hydrogens (tertiary/aromatic N) is 4. The zero-order valence-electron chi connectivity index (χ0n) is 16.1. The highest BCUT2D eigenvalue weighted by molar-refractivity contribution is 5.99. The van der Waals surface area contributed by atoms with Gasteiger partial charge >= 0.3 is 0 Å². The van der Waals surface area contributed by atoms with Crippen LogP contribution in [-0.2, 0) is 0 Å². The summed E-state index contributed by atoms with van der Waals surface area (Å²) in [7, 11) is 0.